The van der Waals surface area contributed by atoms with E-state index in [4.69, 9.17) is 0 Å². The molecular formula is C15H18BrF2NO2. The Morgan fingerprint density at radius 3 is 2.38 bits per heavy atom. The van der Waals surface area contributed by atoms with Gasteiger partial charge in [-0.15, -0.1) is 0 Å². The SMILES string of the molecule is O=C(NCC1CCCCC1CO)c1c(F)cc(Br)cc1F. The maximum atomic E-state index is 13.7. The Kier molecular flexibility index (Phi) is 5.70. The van der Waals surface area contributed by atoms with Crippen molar-refractivity contribution in [3.63, 3.8) is 0 Å². The quantitative estimate of drug-likeness (QED) is 0.864. The van der Waals surface area contributed by atoms with Gasteiger partial charge in [0.1, 0.15) is 17.2 Å². The fourth-order valence-corrected chi connectivity index (χ4v) is 3.27. The zero-order valence-corrected chi connectivity index (χ0v) is 13.1. The molecule has 1 fully saturated rings. The predicted octanol–water partition coefficient (Wildman–Crippen LogP) is 3.26. The van der Waals surface area contributed by atoms with Crippen LogP contribution >= 0.6 is 15.9 Å². The maximum absolute atomic E-state index is 13.7. The van der Waals surface area contributed by atoms with E-state index in [1.807, 2.05) is 0 Å². The van der Waals surface area contributed by atoms with Gasteiger partial charge in [-0.05, 0) is 36.8 Å². The van der Waals surface area contributed by atoms with Crippen LogP contribution in [0.5, 0.6) is 0 Å². The van der Waals surface area contributed by atoms with Crippen LogP contribution in [0.15, 0.2) is 16.6 Å². The van der Waals surface area contributed by atoms with Crippen molar-refractivity contribution >= 4 is 21.8 Å². The number of hydrogen-bond acceptors (Lipinski definition) is 2. The number of nitrogens with one attached hydrogen (secondary N) is 1. The van der Waals surface area contributed by atoms with Crippen molar-refractivity contribution in [2.45, 2.75) is 25.7 Å². The van der Waals surface area contributed by atoms with Crippen LogP contribution < -0.4 is 5.32 Å². The van der Waals surface area contributed by atoms with Gasteiger partial charge in [-0.3, -0.25) is 4.79 Å². The molecule has 0 heterocycles. The van der Waals surface area contributed by atoms with Gasteiger partial charge in [0.15, 0.2) is 0 Å². The topological polar surface area (TPSA) is 49.3 Å². The van der Waals surface area contributed by atoms with Crippen LogP contribution in [0.4, 0.5) is 8.78 Å². The maximum Gasteiger partial charge on any atom is 0.257 e. The second-order valence-corrected chi connectivity index (χ2v) is 6.36. The lowest BCUT2D eigenvalue weighted by Gasteiger charge is -2.30. The van der Waals surface area contributed by atoms with E-state index in [1.165, 1.54) is 0 Å². The third-order valence-corrected chi connectivity index (χ3v) is 4.52. The molecule has 116 valence electrons. The molecule has 0 aromatic heterocycles. The van der Waals surface area contributed by atoms with Crippen LogP contribution in [0.2, 0.25) is 0 Å². The van der Waals surface area contributed by atoms with Crippen molar-refractivity contribution in [3.05, 3.63) is 33.8 Å². The van der Waals surface area contributed by atoms with Gasteiger partial charge in [0.25, 0.3) is 5.91 Å². The molecule has 1 aromatic carbocycles. The Morgan fingerprint density at radius 1 is 1.24 bits per heavy atom. The van der Waals surface area contributed by atoms with Crippen LogP contribution in [0.25, 0.3) is 0 Å². The lowest BCUT2D eigenvalue weighted by atomic mass is 9.79. The van der Waals surface area contributed by atoms with Gasteiger partial charge in [0.05, 0.1) is 0 Å². The summed E-state index contributed by atoms with van der Waals surface area (Å²) in [6, 6.07) is 2.13. The van der Waals surface area contributed by atoms with Gasteiger partial charge in [-0.2, -0.15) is 0 Å². The largest absolute Gasteiger partial charge is 0.396 e. The van der Waals surface area contributed by atoms with Crippen molar-refractivity contribution in [2.24, 2.45) is 11.8 Å². The monoisotopic (exact) mass is 361 g/mol. The lowest BCUT2D eigenvalue weighted by molar-refractivity contribution is 0.0901. The van der Waals surface area contributed by atoms with E-state index in [9.17, 15) is 18.7 Å². The molecule has 1 aliphatic rings. The predicted molar refractivity (Wildman–Crippen MR) is 78.9 cm³/mol. The summed E-state index contributed by atoms with van der Waals surface area (Å²) in [5, 5.41) is 11.9. The number of aliphatic hydroxyl groups is 1. The molecule has 1 aliphatic carbocycles. The fourth-order valence-electron chi connectivity index (χ4n) is 2.86. The molecule has 1 saturated carbocycles. The highest BCUT2D eigenvalue weighted by atomic mass is 79.9. The van der Waals surface area contributed by atoms with Crippen molar-refractivity contribution in [1.82, 2.24) is 5.32 Å². The van der Waals surface area contributed by atoms with Crippen LogP contribution in [-0.2, 0) is 0 Å². The molecule has 3 nitrogen and oxygen atoms in total. The summed E-state index contributed by atoms with van der Waals surface area (Å²) in [6.07, 6.45) is 3.97. The molecule has 0 bridgehead atoms. The number of aliphatic hydroxyl groups excluding tert-OH is 1. The first-order valence-electron chi connectivity index (χ1n) is 7.06. The third kappa shape index (κ3) is 4.01. The minimum absolute atomic E-state index is 0.0849. The van der Waals surface area contributed by atoms with Crippen molar-refractivity contribution < 1.29 is 18.7 Å². The van der Waals surface area contributed by atoms with Gasteiger partial charge in [-0.1, -0.05) is 28.8 Å². The van der Waals surface area contributed by atoms with E-state index in [0.717, 1.165) is 37.8 Å². The van der Waals surface area contributed by atoms with Crippen molar-refractivity contribution in [3.8, 4) is 0 Å². The average Bonchev–Trinajstić information content (AvgIpc) is 2.44. The number of halogens is 3. The Labute approximate surface area is 130 Å². The summed E-state index contributed by atoms with van der Waals surface area (Å²) in [5.74, 6) is -2.21. The zero-order chi connectivity index (χ0) is 15.4. The van der Waals surface area contributed by atoms with Gasteiger partial charge in [0.2, 0.25) is 0 Å². The zero-order valence-electron chi connectivity index (χ0n) is 11.5. The van der Waals surface area contributed by atoms with E-state index in [-0.39, 0.29) is 22.9 Å². The Balaban J connectivity index is 2.02. The minimum Gasteiger partial charge on any atom is -0.396 e. The molecule has 1 amide bonds. The summed E-state index contributed by atoms with van der Waals surface area (Å²) < 4.78 is 27.7. The Morgan fingerprint density at radius 2 is 1.81 bits per heavy atom. The highest BCUT2D eigenvalue weighted by molar-refractivity contribution is 9.10. The number of amides is 1. The molecule has 6 heteroatoms. The van der Waals surface area contributed by atoms with Crippen LogP contribution in [0, 0.1) is 23.5 Å². The summed E-state index contributed by atoms with van der Waals surface area (Å²) in [5.41, 5.74) is -0.561. The standard InChI is InChI=1S/C15H18BrF2NO2/c16-11-5-12(17)14(13(18)6-11)15(21)19-7-9-3-1-2-4-10(9)8-20/h5-6,9-10,20H,1-4,7-8H2,(H,19,21). The second-order valence-electron chi connectivity index (χ2n) is 5.44. The number of carbonyl (C=O) groups is 1. The summed E-state index contributed by atoms with van der Waals surface area (Å²) in [6.45, 7) is 0.417. The molecule has 0 spiro atoms. The van der Waals surface area contributed by atoms with E-state index in [2.05, 4.69) is 21.2 Å². The minimum atomic E-state index is -0.887. The number of carbonyl (C=O) groups excluding carboxylic acids is 1. The first kappa shape index (κ1) is 16.4. The second kappa shape index (κ2) is 7.31. The fraction of sp³-hybridized carbons (Fsp3) is 0.533. The van der Waals surface area contributed by atoms with Gasteiger partial charge in [-0.25, -0.2) is 8.78 Å². The van der Waals surface area contributed by atoms with Gasteiger partial charge in [0, 0.05) is 17.6 Å². The van der Waals surface area contributed by atoms with Crippen molar-refractivity contribution in [1.29, 1.82) is 0 Å². The van der Waals surface area contributed by atoms with E-state index in [1.54, 1.807) is 0 Å². The third-order valence-electron chi connectivity index (χ3n) is 4.06. The molecule has 21 heavy (non-hydrogen) atoms. The van der Waals surface area contributed by atoms with Crippen LogP contribution in [0.3, 0.4) is 0 Å². The molecular weight excluding hydrogens is 344 g/mol. The van der Waals surface area contributed by atoms with E-state index >= 15 is 0 Å². The van der Waals surface area contributed by atoms with E-state index in [0.29, 0.717) is 6.54 Å². The van der Waals surface area contributed by atoms with Crippen LogP contribution in [0.1, 0.15) is 36.0 Å². The molecule has 2 unspecified atom stereocenters. The molecule has 2 atom stereocenters. The van der Waals surface area contributed by atoms with Gasteiger partial charge < -0.3 is 10.4 Å². The number of rotatable bonds is 4. The normalized spacial score (nSPS) is 22.1. The smallest absolute Gasteiger partial charge is 0.257 e. The highest BCUT2D eigenvalue weighted by Crippen LogP contribution is 2.29. The van der Waals surface area contributed by atoms with E-state index < -0.39 is 23.1 Å². The Bertz CT molecular complexity index is 501. The van der Waals surface area contributed by atoms with Crippen molar-refractivity contribution in [2.75, 3.05) is 13.2 Å². The average molecular weight is 362 g/mol. The molecule has 0 aliphatic heterocycles. The summed E-state index contributed by atoms with van der Waals surface area (Å²) >= 11 is 2.98. The first-order valence-corrected chi connectivity index (χ1v) is 7.85. The molecule has 2 rings (SSSR count). The Hall–Kier alpha value is -1.01. The highest BCUT2D eigenvalue weighted by Gasteiger charge is 2.26. The lowest BCUT2D eigenvalue weighted by Crippen LogP contribution is -2.36. The number of benzene rings is 1. The molecule has 1 aromatic rings. The first-order chi connectivity index (χ1) is 10.0. The number of hydrogen-bond donors (Lipinski definition) is 2. The summed E-state index contributed by atoms with van der Waals surface area (Å²) in [7, 11) is 0. The van der Waals surface area contributed by atoms with Gasteiger partial charge >= 0.3 is 0 Å². The molecule has 2 N–H and O–H groups in total. The van der Waals surface area contributed by atoms with Crippen LogP contribution in [-0.4, -0.2) is 24.2 Å². The summed E-state index contributed by atoms with van der Waals surface area (Å²) in [4.78, 5) is 12.0. The molecule has 0 radical (unpaired) electrons. The molecule has 0 saturated heterocycles.